The SMILES string of the molecule is Cc1ccc(C(=O)O)c(Oc2ccc(I)cc2)c1. The summed E-state index contributed by atoms with van der Waals surface area (Å²) in [7, 11) is 0. The molecule has 0 heterocycles. The molecule has 0 bridgehead atoms. The molecule has 0 atom stereocenters. The van der Waals surface area contributed by atoms with E-state index in [2.05, 4.69) is 22.6 Å². The van der Waals surface area contributed by atoms with Crippen molar-refractivity contribution in [3.8, 4) is 11.5 Å². The van der Waals surface area contributed by atoms with Gasteiger partial charge in [-0.2, -0.15) is 0 Å². The average molecular weight is 354 g/mol. The van der Waals surface area contributed by atoms with E-state index in [1.54, 1.807) is 18.2 Å². The lowest BCUT2D eigenvalue weighted by molar-refractivity contribution is 0.0694. The molecule has 2 aromatic rings. The molecule has 92 valence electrons. The Morgan fingerprint density at radius 1 is 1.17 bits per heavy atom. The molecular formula is C14H11IO3. The molecule has 1 N–H and O–H groups in total. The zero-order valence-electron chi connectivity index (χ0n) is 9.68. The maximum absolute atomic E-state index is 11.1. The standard InChI is InChI=1S/C14H11IO3/c1-9-2-7-12(14(16)17)13(8-9)18-11-5-3-10(15)4-6-11/h2-8H,1H3,(H,16,17). The third kappa shape index (κ3) is 3.01. The third-order valence-corrected chi connectivity index (χ3v) is 3.13. The van der Waals surface area contributed by atoms with Crippen molar-refractivity contribution in [3.05, 3.63) is 57.2 Å². The summed E-state index contributed by atoms with van der Waals surface area (Å²) in [5.74, 6) is 0.00253. The van der Waals surface area contributed by atoms with Gasteiger partial charge in [-0.05, 0) is 71.5 Å². The van der Waals surface area contributed by atoms with E-state index >= 15 is 0 Å². The van der Waals surface area contributed by atoms with E-state index in [1.807, 2.05) is 31.2 Å². The Balaban J connectivity index is 2.35. The van der Waals surface area contributed by atoms with Crippen molar-refractivity contribution in [1.82, 2.24) is 0 Å². The molecule has 3 nitrogen and oxygen atoms in total. The lowest BCUT2D eigenvalue weighted by Gasteiger charge is -2.09. The quantitative estimate of drug-likeness (QED) is 0.845. The molecule has 0 aliphatic heterocycles. The van der Waals surface area contributed by atoms with Gasteiger partial charge in [0.05, 0.1) is 0 Å². The van der Waals surface area contributed by atoms with E-state index in [4.69, 9.17) is 9.84 Å². The van der Waals surface area contributed by atoms with E-state index in [0.29, 0.717) is 11.5 Å². The van der Waals surface area contributed by atoms with Crippen molar-refractivity contribution < 1.29 is 14.6 Å². The highest BCUT2D eigenvalue weighted by Gasteiger charge is 2.11. The average Bonchev–Trinajstić information content (AvgIpc) is 2.32. The summed E-state index contributed by atoms with van der Waals surface area (Å²) in [6.45, 7) is 1.90. The van der Waals surface area contributed by atoms with Gasteiger partial charge in [-0.15, -0.1) is 0 Å². The summed E-state index contributed by atoms with van der Waals surface area (Å²) in [5, 5.41) is 9.10. The predicted octanol–water partition coefficient (Wildman–Crippen LogP) is 4.09. The molecule has 2 rings (SSSR count). The highest BCUT2D eigenvalue weighted by atomic mass is 127. The van der Waals surface area contributed by atoms with E-state index in [1.165, 1.54) is 0 Å². The number of carbonyl (C=O) groups is 1. The maximum Gasteiger partial charge on any atom is 0.339 e. The summed E-state index contributed by atoms with van der Waals surface area (Å²) in [6, 6.07) is 12.5. The second-order valence-electron chi connectivity index (χ2n) is 3.86. The van der Waals surface area contributed by atoms with Gasteiger partial charge in [0.15, 0.2) is 0 Å². The first-order chi connectivity index (χ1) is 8.56. The summed E-state index contributed by atoms with van der Waals surface area (Å²) < 4.78 is 6.72. The van der Waals surface area contributed by atoms with Crippen LogP contribution in [-0.2, 0) is 0 Å². The van der Waals surface area contributed by atoms with Crippen LogP contribution in [0.1, 0.15) is 15.9 Å². The molecule has 0 spiro atoms. The number of carboxylic acid groups (broad SMARTS) is 1. The number of carboxylic acids is 1. The molecule has 0 aliphatic rings. The van der Waals surface area contributed by atoms with Gasteiger partial charge >= 0.3 is 5.97 Å². The molecule has 0 radical (unpaired) electrons. The molecular weight excluding hydrogens is 343 g/mol. The Hall–Kier alpha value is -1.56. The second-order valence-corrected chi connectivity index (χ2v) is 5.11. The minimum absolute atomic E-state index is 0.166. The van der Waals surface area contributed by atoms with Crippen LogP contribution in [0.3, 0.4) is 0 Å². The third-order valence-electron chi connectivity index (χ3n) is 2.41. The van der Waals surface area contributed by atoms with Crippen LogP contribution in [0.15, 0.2) is 42.5 Å². The maximum atomic E-state index is 11.1. The van der Waals surface area contributed by atoms with Crippen LogP contribution in [-0.4, -0.2) is 11.1 Å². The molecule has 0 fully saturated rings. The zero-order valence-corrected chi connectivity index (χ0v) is 11.8. The van der Waals surface area contributed by atoms with Crippen molar-refractivity contribution in [2.45, 2.75) is 6.92 Å². The number of aryl methyl sites for hydroxylation is 1. The number of ether oxygens (including phenoxy) is 1. The van der Waals surface area contributed by atoms with Crippen molar-refractivity contribution in [2.75, 3.05) is 0 Å². The summed E-state index contributed by atoms with van der Waals surface area (Å²) >= 11 is 2.20. The van der Waals surface area contributed by atoms with Crippen molar-refractivity contribution >= 4 is 28.6 Å². The first-order valence-electron chi connectivity index (χ1n) is 5.33. The normalized spacial score (nSPS) is 10.1. The highest BCUT2D eigenvalue weighted by Crippen LogP contribution is 2.27. The van der Waals surface area contributed by atoms with E-state index in [-0.39, 0.29) is 5.56 Å². The molecule has 0 aliphatic carbocycles. The van der Waals surface area contributed by atoms with Crippen LogP contribution in [0.25, 0.3) is 0 Å². The molecule has 2 aromatic carbocycles. The fourth-order valence-electron chi connectivity index (χ4n) is 1.52. The van der Waals surface area contributed by atoms with Gasteiger partial charge in [0.1, 0.15) is 17.1 Å². The van der Waals surface area contributed by atoms with Gasteiger partial charge in [-0.1, -0.05) is 6.07 Å². The molecule has 0 unspecified atom stereocenters. The van der Waals surface area contributed by atoms with Crippen molar-refractivity contribution in [1.29, 1.82) is 0 Å². The van der Waals surface area contributed by atoms with Gasteiger partial charge in [0, 0.05) is 3.57 Å². The van der Waals surface area contributed by atoms with E-state index in [9.17, 15) is 4.79 Å². The number of hydrogen-bond acceptors (Lipinski definition) is 2. The number of hydrogen-bond donors (Lipinski definition) is 1. The van der Waals surface area contributed by atoms with Crippen LogP contribution in [0.5, 0.6) is 11.5 Å². The predicted molar refractivity (Wildman–Crippen MR) is 77.4 cm³/mol. The molecule has 18 heavy (non-hydrogen) atoms. The minimum Gasteiger partial charge on any atom is -0.478 e. The minimum atomic E-state index is -0.990. The number of benzene rings is 2. The smallest absolute Gasteiger partial charge is 0.339 e. The first kappa shape index (κ1) is 12.9. The molecule has 0 amide bonds. The van der Waals surface area contributed by atoms with Crippen LogP contribution in [0.4, 0.5) is 0 Å². The van der Waals surface area contributed by atoms with Crippen molar-refractivity contribution in [2.24, 2.45) is 0 Å². The van der Waals surface area contributed by atoms with E-state index < -0.39 is 5.97 Å². The van der Waals surface area contributed by atoms with Crippen LogP contribution >= 0.6 is 22.6 Å². The Morgan fingerprint density at radius 2 is 1.83 bits per heavy atom. The second kappa shape index (κ2) is 5.39. The van der Waals surface area contributed by atoms with Gasteiger partial charge < -0.3 is 9.84 Å². The largest absolute Gasteiger partial charge is 0.478 e. The van der Waals surface area contributed by atoms with Crippen LogP contribution < -0.4 is 4.74 Å². The van der Waals surface area contributed by atoms with Crippen LogP contribution in [0, 0.1) is 10.5 Å². The lowest BCUT2D eigenvalue weighted by atomic mass is 10.1. The highest BCUT2D eigenvalue weighted by molar-refractivity contribution is 14.1. The molecule has 0 saturated carbocycles. The number of rotatable bonds is 3. The number of aromatic carboxylic acids is 1. The summed E-state index contributed by atoms with van der Waals surface area (Å²) in [4.78, 5) is 11.1. The van der Waals surface area contributed by atoms with Gasteiger partial charge in [-0.25, -0.2) is 4.79 Å². The molecule has 4 heteroatoms. The Bertz CT molecular complexity index is 576. The molecule has 0 saturated heterocycles. The Kier molecular flexibility index (Phi) is 3.86. The van der Waals surface area contributed by atoms with Gasteiger partial charge in [0.25, 0.3) is 0 Å². The van der Waals surface area contributed by atoms with E-state index in [0.717, 1.165) is 9.13 Å². The van der Waals surface area contributed by atoms with Gasteiger partial charge in [-0.3, -0.25) is 0 Å². The van der Waals surface area contributed by atoms with Crippen LogP contribution in [0.2, 0.25) is 0 Å². The fourth-order valence-corrected chi connectivity index (χ4v) is 1.88. The zero-order chi connectivity index (χ0) is 13.1. The first-order valence-corrected chi connectivity index (χ1v) is 6.41. The lowest BCUT2D eigenvalue weighted by Crippen LogP contribution is -2.00. The monoisotopic (exact) mass is 354 g/mol. The Morgan fingerprint density at radius 3 is 2.44 bits per heavy atom. The molecule has 0 aromatic heterocycles. The van der Waals surface area contributed by atoms with Crippen molar-refractivity contribution in [3.63, 3.8) is 0 Å². The summed E-state index contributed by atoms with van der Waals surface area (Å²) in [5.41, 5.74) is 1.12. The summed E-state index contributed by atoms with van der Waals surface area (Å²) in [6.07, 6.45) is 0. The number of halogens is 1. The topological polar surface area (TPSA) is 46.5 Å². The Labute approximate surface area is 119 Å². The van der Waals surface area contributed by atoms with Gasteiger partial charge in [0.2, 0.25) is 0 Å². The fraction of sp³-hybridized carbons (Fsp3) is 0.0714.